The number of rotatable bonds is 3. The fraction of sp³-hybridized carbons (Fsp3) is 0.467. The number of ether oxygens (including phenoxy) is 1. The number of amides is 1. The van der Waals surface area contributed by atoms with E-state index in [9.17, 15) is 4.79 Å². The molecule has 1 amide bonds. The Labute approximate surface area is 124 Å². The number of aryl methyl sites for hydroxylation is 2. The van der Waals surface area contributed by atoms with Crippen LogP contribution in [0, 0.1) is 13.8 Å². The van der Waals surface area contributed by atoms with Gasteiger partial charge in [0.1, 0.15) is 6.10 Å². The summed E-state index contributed by atoms with van der Waals surface area (Å²) in [5.74, 6) is 0.0296. The minimum atomic E-state index is -0.536. The second kappa shape index (κ2) is 6.58. The van der Waals surface area contributed by atoms with Crippen molar-refractivity contribution in [2.45, 2.75) is 26.4 Å². The van der Waals surface area contributed by atoms with Gasteiger partial charge in [0.25, 0.3) is 0 Å². The molecule has 0 saturated carbocycles. The zero-order valence-corrected chi connectivity index (χ0v) is 12.4. The van der Waals surface area contributed by atoms with Gasteiger partial charge in [0.05, 0.1) is 19.6 Å². The Morgan fingerprint density at radius 2 is 2.29 bits per heavy atom. The summed E-state index contributed by atoms with van der Waals surface area (Å²) in [5.41, 5.74) is 8.82. The number of amidine groups is 1. The molecule has 21 heavy (non-hydrogen) atoms. The maximum atomic E-state index is 12.4. The lowest BCUT2D eigenvalue weighted by Gasteiger charge is -2.32. The van der Waals surface area contributed by atoms with Crippen LogP contribution in [-0.2, 0) is 16.0 Å². The van der Waals surface area contributed by atoms with Crippen LogP contribution in [0.15, 0.2) is 23.4 Å². The molecule has 0 aliphatic carbocycles. The highest BCUT2D eigenvalue weighted by molar-refractivity contribution is 5.86. The third-order valence-corrected chi connectivity index (χ3v) is 3.71. The van der Waals surface area contributed by atoms with Crippen molar-refractivity contribution < 1.29 is 14.7 Å². The summed E-state index contributed by atoms with van der Waals surface area (Å²) in [6.45, 7) is 5.25. The van der Waals surface area contributed by atoms with Crippen molar-refractivity contribution >= 4 is 11.7 Å². The van der Waals surface area contributed by atoms with Crippen LogP contribution in [0.5, 0.6) is 0 Å². The largest absolute Gasteiger partial charge is 0.409 e. The quantitative estimate of drug-likeness (QED) is 0.373. The molecule has 0 radical (unpaired) electrons. The molecule has 1 aromatic carbocycles. The van der Waals surface area contributed by atoms with E-state index < -0.39 is 6.10 Å². The number of nitrogens with zero attached hydrogens (tertiary/aromatic N) is 2. The van der Waals surface area contributed by atoms with Gasteiger partial charge in [-0.25, -0.2) is 0 Å². The molecule has 1 saturated heterocycles. The third kappa shape index (κ3) is 3.72. The van der Waals surface area contributed by atoms with Crippen molar-refractivity contribution in [2.24, 2.45) is 10.9 Å². The van der Waals surface area contributed by atoms with E-state index in [1.54, 1.807) is 4.90 Å². The van der Waals surface area contributed by atoms with E-state index in [4.69, 9.17) is 15.7 Å². The van der Waals surface area contributed by atoms with Gasteiger partial charge >= 0.3 is 0 Å². The van der Waals surface area contributed by atoms with Crippen molar-refractivity contribution in [3.8, 4) is 0 Å². The van der Waals surface area contributed by atoms with Gasteiger partial charge in [0.2, 0.25) is 5.91 Å². The molecule has 0 bridgehead atoms. The van der Waals surface area contributed by atoms with Gasteiger partial charge in [-0.1, -0.05) is 28.9 Å². The predicted octanol–water partition coefficient (Wildman–Crippen LogP) is 0.820. The molecule has 1 heterocycles. The second-order valence-electron chi connectivity index (χ2n) is 5.33. The molecule has 6 heteroatoms. The van der Waals surface area contributed by atoms with Crippen LogP contribution in [0.2, 0.25) is 0 Å². The van der Waals surface area contributed by atoms with Crippen molar-refractivity contribution in [1.82, 2.24) is 4.90 Å². The van der Waals surface area contributed by atoms with Crippen LogP contribution >= 0.6 is 0 Å². The summed E-state index contributed by atoms with van der Waals surface area (Å²) < 4.78 is 5.39. The van der Waals surface area contributed by atoms with Gasteiger partial charge < -0.3 is 20.6 Å². The average molecular weight is 291 g/mol. The minimum Gasteiger partial charge on any atom is -0.409 e. The Morgan fingerprint density at radius 3 is 3.00 bits per heavy atom. The van der Waals surface area contributed by atoms with Crippen LogP contribution in [-0.4, -0.2) is 47.7 Å². The zero-order valence-electron chi connectivity index (χ0n) is 12.4. The number of carbonyl (C=O) groups is 1. The van der Waals surface area contributed by atoms with Gasteiger partial charge in [-0.2, -0.15) is 0 Å². The molecular formula is C15H21N3O3. The molecule has 1 aromatic rings. The van der Waals surface area contributed by atoms with Gasteiger partial charge in [0.15, 0.2) is 5.84 Å². The topological polar surface area (TPSA) is 88.2 Å². The maximum Gasteiger partial charge on any atom is 0.227 e. The molecule has 1 aliphatic rings. The maximum absolute atomic E-state index is 12.4. The molecule has 114 valence electrons. The Bertz CT molecular complexity index is 557. The molecule has 1 atom stereocenters. The molecule has 0 aromatic heterocycles. The van der Waals surface area contributed by atoms with Crippen molar-refractivity contribution in [3.05, 3.63) is 34.9 Å². The fourth-order valence-corrected chi connectivity index (χ4v) is 2.38. The predicted molar refractivity (Wildman–Crippen MR) is 79.3 cm³/mol. The van der Waals surface area contributed by atoms with Crippen molar-refractivity contribution in [3.63, 3.8) is 0 Å². The number of nitrogens with two attached hydrogens (primary N) is 1. The second-order valence-corrected chi connectivity index (χ2v) is 5.33. The highest BCUT2D eigenvalue weighted by atomic mass is 16.5. The zero-order chi connectivity index (χ0) is 15.4. The SMILES string of the molecule is Cc1ccc(C)c(CC(=O)N2CCOC(C(N)=NO)C2)c1. The van der Waals surface area contributed by atoms with Crippen LogP contribution in [0.4, 0.5) is 0 Å². The number of hydrogen-bond donors (Lipinski definition) is 2. The molecule has 1 fully saturated rings. The minimum absolute atomic E-state index is 0.000707. The van der Waals surface area contributed by atoms with Crippen LogP contribution < -0.4 is 5.73 Å². The van der Waals surface area contributed by atoms with E-state index in [-0.39, 0.29) is 11.7 Å². The molecule has 1 aliphatic heterocycles. The molecular weight excluding hydrogens is 270 g/mol. The van der Waals surface area contributed by atoms with Crippen LogP contribution in [0.1, 0.15) is 16.7 Å². The third-order valence-electron chi connectivity index (χ3n) is 3.71. The summed E-state index contributed by atoms with van der Waals surface area (Å²) in [4.78, 5) is 14.1. The van der Waals surface area contributed by atoms with Crippen molar-refractivity contribution in [2.75, 3.05) is 19.7 Å². The monoisotopic (exact) mass is 291 g/mol. The van der Waals surface area contributed by atoms with E-state index in [1.807, 2.05) is 32.0 Å². The number of oxime groups is 1. The lowest BCUT2D eigenvalue weighted by Crippen LogP contribution is -2.50. The first kappa shape index (κ1) is 15.3. The Balaban J connectivity index is 2.04. The first-order valence-electron chi connectivity index (χ1n) is 6.94. The normalized spacial score (nSPS) is 19.6. The highest BCUT2D eigenvalue weighted by Gasteiger charge is 2.27. The standard InChI is InChI=1S/C15H21N3O3/c1-10-3-4-11(2)12(7-10)8-14(19)18-5-6-21-13(9-18)15(16)17-20/h3-4,7,13,20H,5-6,8-9H2,1-2H3,(H2,16,17). The van der Waals surface area contributed by atoms with Gasteiger partial charge in [-0.05, 0) is 25.0 Å². The van der Waals surface area contributed by atoms with E-state index in [0.717, 1.165) is 16.7 Å². The summed E-state index contributed by atoms with van der Waals surface area (Å²) in [7, 11) is 0. The van der Waals surface area contributed by atoms with Gasteiger partial charge in [-0.3, -0.25) is 4.79 Å². The molecule has 2 rings (SSSR count). The Hall–Kier alpha value is -2.08. The highest BCUT2D eigenvalue weighted by Crippen LogP contribution is 2.14. The number of benzene rings is 1. The number of morpholine rings is 1. The molecule has 6 nitrogen and oxygen atoms in total. The summed E-state index contributed by atoms with van der Waals surface area (Å²) >= 11 is 0. The Morgan fingerprint density at radius 1 is 1.52 bits per heavy atom. The summed E-state index contributed by atoms with van der Waals surface area (Å²) in [6, 6.07) is 6.09. The molecule has 0 spiro atoms. The van der Waals surface area contributed by atoms with Gasteiger partial charge in [-0.15, -0.1) is 0 Å². The Kier molecular flexibility index (Phi) is 4.80. The lowest BCUT2D eigenvalue weighted by molar-refractivity contribution is -0.136. The first-order valence-corrected chi connectivity index (χ1v) is 6.94. The molecule has 1 unspecified atom stereocenters. The molecule has 3 N–H and O–H groups in total. The van der Waals surface area contributed by atoms with Gasteiger partial charge in [0, 0.05) is 6.54 Å². The van der Waals surface area contributed by atoms with E-state index in [2.05, 4.69) is 5.16 Å². The van der Waals surface area contributed by atoms with E-state index in [0.29, 0.717) is 26.1 Å². The average Bonchev–Trinajstić information content (AvgIpc) is 2.50. The number of hydrogen-bond acceptors (Lipinski definition) is 4. The lowest BCUT2D eigenvalue weighted by atomic mass is 10.0. The smallest absolute Gasteiger partial charge is 0.227 e. The van der Waals surface area contributed by atoms with E-state index in [1.165, 1.54) is 0 Å². The summed E-state index contributed by atoms with van der Waals surface area (Å²) in [6.07, 6.45) is -0.178. The van der Waals surface area contributed by atoms with Crippen LogP contribution in [0.3, 0.4) is 0 Å². The first-order chi connectivity index (χ1) is 10.0. The summed E-state index contributed by atoms with van der Waals surface area (Å²) in [5, 5.41) is 11.6. The number of carbonyl (C=O) groups excluding carboxylic acids is 1. The van der Waals surface area contributed by atoms with Crippen LogP contribution in [0.25, 0.3) is 0 Å². The fourth-order valence-electron chi connectivity index (χ4n) is 2.38. The van der Waals surface area contributed by atoms with Crippen molar-refractivity contribution in [1.29, 1.82) is 0 Å². The van der Waals surface area contributed by atoms with E-state index >= 15 is 0 Å².